The van der Waals surface area contributed by atoms with Crippen LogP contribution in [0.5, 0.6) is 0 Å². The van der Waals surface area contributed by atoms with Crippen molar-refractivity contribution in [3.8, 4) is 0 Å². The number of hydrogen-bond donors (Lipinski definition) is 2. The summed E-state index contributed by atoms with van der Waals surface area (Å²) < 4.78 is 39.6. The quantitative estimate of drug-likeness (QED) is 0.836. The Morgan fingerprint density at radius 1 is 1.35 bits per heavy atom. The lowest BCUT2D eigenvalue weighted by Gasteiger charge is -2.33. The van der Waals surface area contributed by atoms with Crippen molar-refractivity contribution in [2.24, 2.45) is 4.99 Å². The molecule has 0 amide bonds. The number of allylic oxidation sites excluding steroid dienone is 3. The third kappa shape index (κ3) is 3.78. The van der Waals surface area contributed by atoms with Crippen molar-refractivity contribution in [1.82, 2.24) is 10.2 Å². The van der Waals surface area contributed by atoms with Crippen LogP contribution in [0.4, 0.5) is 13.2 Å². The van der Waals surface area contributed by atoms with Crippen molar-refractivity contribution in [2.75, 3.05) is 13.1 Å². The summed E-state index contributed by atoms with van der Waals surface area (Å²) in [6.07, 6.45) is -1.66. The minimum Gasteiger partial charge on any atom is -0.392 e. The van der Waals surface area contributed by atoms with E-state index in [2.05, 4.69) is 10.3 Å². The molecule has 2 aliphatic rings. The summed E-state index contributed by atoms with van der Waals surface area (Å²) >= 11 is 6.24. The largest absolute Gasteiger partial charge is 0.416 e. The number of aliphatic hydroxyl groups excluding tert-OH is 1. The fraction of sp³-hybridized carbons (Fsp3) is 0.278. The van der Waals surface area contributed by atoms with E-state index in [0.717, 1.165) is 12.2 Å². The Bertz CT molecular complexity index is 825. The zero-order chi connectivity index (χ0) is 18.9. The summed E-state index contributed by atoms with van der Waals surface area (Å²) in [4.78, 5) is 5.96. The predicted octanol–water partition coefficient (Wildman–Crippen LogP) is 3.71. The molecule has 0 saturated carbocycles. The van der Waals surface area contributed by atoms with Crippen LogP contribution in [0.15, 0.2) is 58.9 Å². The van der Waals surface area contributed by atoms with Crippen LogP contribution in [-0.2, 0) is 0 Å². The average molecular weight is 384 g/mol. The van der Waals surface area contributed by atoms with Gasteiger partial charge in [0, 0.05) is 28.9 Å². The Morgan fingerprint density at radius 3 is 2.73 bits per heavy atom. The highest BCUT2D eigenvalue weighted by Gasteiger charge is 2.36. The Balaban J connectivity index is 2.06. The Kier molecular flexibility index (Phi) is 5.11. The molecule has 0 spiro atoms. The van der Waals surface area contributed by atoms with Crippen LogP contribution in [-0.4, -0.2) is 41.3 Å². The molecule has 2 N–H and O–H groups in total. The first-order chi connectivity index (χ1) is 12.3. The monoisotopic (exact) mass is 383 g/mol. The van der Waals surface area contributed by atoms with Crippen molar-refractivity contribution < 1.29 is 18.3 Å². The van der Waals surface area contributed by atoms with E-state index >= 15 is 0 Å². The van der Waals surface area contributed by atoms with E-state index in [9.17, 15) is 18.3 Å². The fourth-order valence-electron chi connectivity index (χ4n) is 2.71. The van der Waals surface area contributed by atoms with Gasteiger partial charge in [0.05, 0.1) is 23.9 Å². The molecular formula is C18H17ClF3N3O. The van der Waals surface area contributed by atoms with Crippen LogP contribution in [0.3, 0.4) is 0 Å². The smallest absolute Gasteiger partial charge is 0.392 e. The summed E-state index contributed by atoms with van der Waals surface area (Å²) in [5.41, 5.74) is 0.853. The number of benzene rings is 1. The maximum Gasteiger partial charge on any atom is 0.416 e. The molecule has 1 aromatic rings. The third-order valence-corrected chi connectivity index (χ3v) is 4.29. The van der Waals surface area contributed by atoms with Crippen LogP contribution in [0, 0.1) is 0 Å². The van der Waals surface area contributed by atoms with E-state index in [1.807, 2.05) is 0 Å². The highest BCUT2D eigenvalue weighted by atomic mass is 35.5. The summed E-state index contributed by atoms with van der Waals surface area (Å²) in [6.45, 7) is 2.01. The lowest BCUT2D eigenvalue weighted by atomic mass is 9.98. The average Bonchev–Trinajstić information content (AvgIpc) is 2.59. The zero-order valence-corrected chi connectivity index (χ0v) is 14.6. The maximum atomic E-state index is 13.2. The highest BCUT2D eigenvalue weighted by molar-refractivity contribution is 6.32. The van der Waals surface area contributed by atoms with E-state index in [0.29, 0.717) is 27.8 Å². The number of fused-ring (bicyclic) bond motifs is 1. The van der Waals surface area contributed by atoms with Crippen molar-refractivity contribution in [2.45, 2.75) is 19.2 Å². The van der Waals surface area contributed by atoms with E-state index in [1.54, 1.807) is 36.1 Å². The second kappa shape index (κ2) is 7.17. The Morgan fingerprint density at radius 2 is 2.08 bits per heavy atom. The lowest BCUT2D eigenvalue weighted by Crippen LogP contribution is -2.43. The molecule has 0 aromatic heterocycles. The van der Waals surface area contributed by atoms with Crippen molar-refractivity contribution in [1.29, 1.82) is 0 Å². The third-order valence-electron chi connectivity index (χ3n) is 3.96. The van der Waals surface area contributed by atoms with Gasteiger partial charge in [-0.1, -0.05) is 29.8 Å². The standard InChI is InChI=1S/C18H17ClF3N3O/c1-11(26)9-23-17-24-10-14(13-4-2-3-5-15(13)19)16-8-12(18(20,21)22)6-7-25(16)17/h2-8,11,26H,9-10H2,1H3,(H,23,24)/t11-/m0/s1. The fourth-order valence-corrected chi connectivity index (χ4v) is 2.96. The van der Waals surface area contributed by atoms with Gasteiger partial charge in [-0.2, -0.15) is 13.2 Å². The normalized spacial score (nSPS) is 18.3. The number of halogens is 4. The van der Waals surface area contributed by atoms with Crippen LogP contribution >= 0.6 is 11.6 Å². The summed E-state index contributed by atoms with van der Waals surface area (Å²) in [7, 11) is 0. The van der Waals surface area contributed by atoms with Crippen LogP contribution in [0.2, 0.25) is 5.02 Å². The van der Waals surface area contributed by atoms with E-state index < -0.39 is 17.9 Å². The molecule has 3 rings (SSSR count). The molecule has 2 aliphatic heterocycles. The SMILES string of the molecule is C[C@H](O)CNC1=NCC(c2ccccc2Cl)=C2C=C(C(F)(F)F)C=CN12. The number of nitrogens with zero attached hydrogens (tertiary/aromatic N) is 2. The molecule has 1 atom stereocenters. The molecule has 8 heteroatoms. The molecule has 0 aliphatic carbocycles. The maximum absolute atomic E-state index is 13.2. The molecule has 2 heterocycles. The van der Waals surface area contributed by atoms with Gasteiger partial charge in [-0.25, -0.2) is 4.99 Å². The molecule has 0 fully saturated rings. The minimum atomic E-state index is -4.46. The zero-order valence-electron chi connectivity index (χ0n) is 13.9. The van der Waals surface area contributed by atoms with Gasteiger partial charge in [0.25, 0.3) is 0 Å². The number of hydrogen-bond acceptors (Lipinski definition) is 4. The molecule has 0 unspecified atom stereocenters. The van der Waals surface area contributed by atoms with Crippen molar-refractivity contribution in [3.05, 3.63) is 64.5 Å². The molecule has 138 valence electrons. The van der Waals surface area contributed by atoms with Gasteiger partial charge < -0.3 is 10.4 Å². The van der Waals surface area contributed by atoms with Gasteiger partial charge in [0.1, 0.15) is 0 Å². The molecule has 1 aromatic carbocycles. The second-order valence-electron chi connectivity index (χ2n) is 6.00. The highest BCUT2D eigenvalue weighted by Crippen LogP contribution is 2.37. The Labute approximate surface area is 154 Å². The predicted molar refractivity (Wildman–Crippen MR) is 95.5 cm³/mol. The van der Waals surface area contributed by atoms with E-state index in [-0.39, 0.29) is 13.1 Å². The number of guanidine groups is 1. The number of nitrogens with one attached hydrogen (secondary N) is 1. The summed E-state index contributed by atoms with van der Waals surface area (Å²) in [6, 6.07) is 6.98. The van der Waals surface area contributed by atoms with Gasteiger partial charge in [-0.05, 0) is 25.1 Å². The number of aliphatic imine (C=N–C) groups is 1. The number of rotatable bonds is 3. The van der Waals surface area contributed by atoms with Crippen LogP contribution in [0.1, 0.15) is 12.5 Å². The molecule has 4 nitrogen and oxygen atoms in total. The van der Waals surface area contributed by atoms with Crippen molar-refractivity contribution in [3.63, 3.8) is 0 Å². The lowest BCUT2D eigenvalue weighted by molar-refractivity contribution is -0.0885. The number of aliphatic hydroxyl groups is 1. The van der Waals surface area contributed by atoms with Crippen LogP contribution < -0.4 is 5.32 Å². The molecule has 26 heavy (non-hydrogen) atoms. The van der Waals surface area contributed by atoms with Gasteiger partial charge in [0.2, 0.25) is 5.96 Å². The second-order valence-corrected chi connectivity index (χ2v) is 6.40. The summed E-state index contributed by atoms with van der Waals surface area (Å²) in [5.74, 6) is 0.380. The topological polar surface area (TPSA) is 47.9 Å². The molecular weight excluding hydrogens is 367 g/mol. The van der Waals surface area contributed by atoms with Crippen molar-refractivity contribution >= 4 is 23.1 Å². The minimum absolute atomic E-state index is 0.174. The first kappa shape index (κ1) is 18.5. The first-order valence-electron chi connectivity index (χ1n) is 7.98. The molecule has 0 bridgehead atoms. The first-order valence-corrected chi connectivity index (χ1v) is 8.36. The number of alkyl halides is 3. The van der Waals surface area contributed by atoms with Crippen LogP contribution in [0.25, 0.3) is 5.57 Å². The van der Waals surface area contributed by atoms with Gasteiger partial charge in [-0.3, -0.25) is 4.90 Å². The van der Waals surface area contributed by atoms with Gasteiger partial charge in [-0.15, -0.1) is 0 Å². The van der Waals surface area contributed by atoms with Gasteiger partial charge >= 0.3 is 6.18 Å². The van der Waals surface area contributed by atoms with E-state index in [1.165, 1.54) is 6.20 Å². The molecule has 0 saturated heterocycles. The van der Waals surface area contributed by atoms with Gasteiger partial charge in [0.15, 0.2) is 0 Å². The Hall–Kier alpha value is -2.25. The van der Waals surface area contributed by atoms with E-state index in [4.69, 9.17) is 11.6 Å². The molecule has 0 radical (unpaired) electrons. The summed E-state index contributed by atoms with van der Waals surface area (Å²) in [5, 5.41) is 12.9.